The van der Waals surface area contributed by atoms with Crippen molar-refractivity contribution in [2.45, 2.75) is 49.4 Å². The highest BCUT2D eigenvalue weighted by molar-refractivity contribution is 7.91. The van der Waals surface area contributed by atoms with Crippen LogP contribution in [0, 0.1) is 5.92 Å². The third kappa shape index (κ3) is 3.24. The average Bonchev–Trinajstić information content (AvgIpc) is 3.12. The number of thiophene rings is 1. The van der Waals surface area contributed by atoms with Gasteiger partial charge in [0.25, 0.3) is 10.0 Å². The van der Waals surface area contributed by atoms with E-state index in [1.54, 1.807) is 10.4 Å². The van der Waals surface area contributed by atoms with Gasteiger partial charge in [-0.05, 0) is 43.7 Å². The molecule has 2 fully saturated rings. The minimum Gasteiger partial charge on any atom is -0.309 e. The maximum absolute atomic E-state index is 12.6. The Hall–Kier alpha value is -0.430. The molecular formula is C14H22N2O2S2. The number of rotatable bonds is 5. The summed E-state index contributed by atoms with van der Waals surface area (Å²) < 4.78 is 27.4. The molecule has 1 saturated heterocycles. The fourth-order valence-electron chi connectivity index (χ4n) is 2.62. The molecule has 6 heteroatoms. The first-order chi connectivity index (χ1) is 9.55. The van der Waals surface area contributed by atoms with Crippen molar-refractivity contribution < 1.29 is 8.42 Å². The molecule has 0 radical (unpaired) electrons. The Labute approximate surface area is 125 Å². The van der Waals surface area contributed by atoms with Gasteiger partial charge in [-0.3, -0.25) is 0 Å². The third-order valence-corrected chi connectivity index (χ3v) is 7.41. The molecule has 2 heterocycles. The first kappa shape index (κ1) is 14.5. The lowest BCUT2D eigenvalue weighted by atomic mass is 10.0. The van der Waals surface area contributed by atoms with E-state index in [1.165, 1.54) is 24.2 Å². The second kappa shape index (κ2) is 5.75. The van der Waals surface area contributed by atoms with E-state index in [-0.39, 0.29) is 0 Å². The quantitative estimate of drug-likeness (QED) is 0.908. The number of hydrogen-bond donors (Lipinski definition) is 1. The summed E-state index contributed by atoms with van der Waals surface area (Å²) in [6.45, 7) is 4.25. The van der Waals surface area contributed by atoms with Crippen LogP contribution in [0.3, 0.4) is 0 Å². The molecule has 1 aromatic heterocycles. The van der Waals surface area contributed by atoms with Crippen LogP contribution in [0.25, 0.3) is 0 Å². The third-order valence-electron chi connectivity index (χ3n) is 3.99. The molecule has 1 aromatic rings. The minimum absolute atomic E-state index is 0.467. The fraction of sp³-hybridized carbons (Fsp3) is 0.714. The molecule has 1 aliphatic carbocycles. The summed E-state index contributed by atoms with van der Waals surface area (Å²) in [5.74, 6) is 0.467. The van der Waals surface area contributed by atoms with Gasteiger partial charge in [-0.15, -0.1) is 11.3 Å². The van der Waals surface area contributed by atoms with Gasteiger partial charge in [0.2, 0.25) is 0 Å². The lowest BCUT2D eigenvalue weighted by Crippen LogP contribution is -2.38. The molecule has 0 bridgehead atoms. The van der Waals surface area contributed by atoms with Crippen LogP contribution in [0.1, 0.15) is 37.5 Å². The summed E-state index contributed by atoms with van der Waals surface area (Å²) >= 11 is 1.41. The summed E-state index contributed by atoms with van der Waals surface area (Å²) in [4.78, 5) is 1.11. The fourth-order valence-corrected chi connectivity index (χ4v) is 5.68. The van der Waals surface area contributed by atoms with E-state index in [4.69, 9.17) is 0 Å². The highest BCUT2D eigenvalue weighted by atomic mass is 32.2. The van der Waals surface area contributed by atoms with Crippen LogP contribution in [-0.2, 0) is 16.6 Å². The highest BCUT2D eigenvalue weighted by Crippen LogP contribution is 2.29. The maximum atomic E-state index is 12.6. The van der Waals surface area contributed by atoms with Crippen LogP contribution in [0.4, 0.5) is 0 Å². The summed E-state index contributed by atoms with van der Waals surface area (Å²) in [6.07, 6.45) is 4.61. The largest absolute Gasteiger partial charge is 0.309 e. The Balaban J connectivity index is 1.69. The smallest absolute Gasteiger partial charge is 0.252 e. The number of nitrogens with zero attached hydrogens (tertiary/aromatic N) is 1. The van der Waals surface area contributed by atoms with E-state index in [2.05, 4.69) is 12.2 Å². The van der Waals surface area contributed by atoms with Gasteiger partial charge in [-0.1, -0.05) is 6.92 Å². The molecule has 1 atom stereocenters. The van der Waals surface area contributed by atoms with E-state index < -0.39 is 10.0 Å². The zero-order valence-corrected chi connectivity index (χ0v) is 13.5. The predicted octanol–water partition coefficient (Wildman–Crippen LogP) is 2.42. The molecule has 1 saturated carbocycles. The normalized spacial score (nSPS) is 24.9. The van der Waals surface area contributed by atoms with Crippen molar-refractivity contribution in [2.75, 3.05) is 13.1 Å². The van der Waals surface area contributed by atoms with Gasteiger partial charge >= 0.3 is 0 Å². The van der Waals surface area contributed by atoms with Crippen molar-refractivity contribution in [1.82, 2.24) is 9.62 Å². The average molecular weight is 314 g/mol. The van der Waals surface area contributed by atoms with Crippen LogP contribution < -0.4 is 5.32 Å². The Morgan fingerprint density at radius 1 is 1.35 bits per heavy atom. The van der Waals surface area contributed by atoms with Gasteiger partial charge in [0, 0.05) is 30.6 Å². The number of nitrogens with one attached hydrogen (secondary N) is 1. The zero-order valence-electron chi connectivity index (χ0n) is 11.8. The van der Waals surface area contributed by atoms with E-state index in [0.29, 0.717) is 29.3 Å². The van der Waals surface area contributed by atoms with Gasteiger partial charge < -0.3 is 5.32 Å². The molecule has 0 amide bonds. The second-order valence-electron chi connectivity index (χ2n) is 5.99. The highest BCUT2D eigenvalue weighted by Gasteiger charge is 2.30. The number of piperidine rings is 1. The number of hydrogen-bond acceptors (Lipinski definition) is 4. The van der Waals surface area contributed by atoms with Crippen molar-refractivity contribution in [3.63, 3.8) is 0 Å². The molecule has 1 aliphatic heterocycles. The summed E-state index contributed by atoms with van der Waals surface area (Å²) in [7, 11) is -3.27. The minimum atomic E-state index is -3.27. The SMILES string of the molecule is CC1CCCN(S(=O)(=O)c2ccc(CNC3CC3)s2)C1. The van der Waals surface area contributed by atoms with E-state index in [0.717, 1.165) is 24.3 Å². The first-order valence-corrected chi connectivity index (χ1v) is 9.63. The Morgan fingerprint density at radius 2 is 2.15 bits per heavy atom. The van der Waals surface area contributed by atoms with Crippen molar-refractivity contribution in [1.29, 1.82) is 0 Å². The Morgan fingerprint density at radius 3 is 2.85 bits per heavy atom. The number of sulfonamides is 1. The van der Waals surface area contributed by atoms with Crippen LogP contribution in [0.2, 0.25) is 0 Å². The lowest BCUT2D eigenvalue weighted by molar-refractivity contribution is 0.281. The van der Waals surface area contributed by atoms with Crippen LogP contribution in [0.5, 0.6) is 0 Å². The molecule has 4 nitrogen and oxygen atoms in total. The standard InChI is InChI=1S/C14H22N2O2S2/c1-11-3-2-8-16(10-11)20(17,18)14-7-6-13(19-14)9-15-12-4-5-12/h6-7,11-12,15H,2-5,8-10H2,1H3. The molecule has 2 aliphatic rings. The van der Waals surface area contributed by atoms with Crippen molar-refractivity contribution >= 4 is 21.4 Å². The maximum Gasteiger partial charge on any atom is 0.252 e. The Bertz CT molecular complexity index is 563. The van der Waals surface area contributed by atoms with Crippen LogP contribution in [0.15, 0.2) is 16.3 Å². The summed E-state index contributed by atoms with van der Waals surface area (Å²) in [5.41, 5.74) is 0. The summed E-state index contributed by atoms with van der Waals surface area (Å²) in [6, 6.07) is 4.36. The first-order valence-electron chi connectivity index (χ1n) is 7.38. The van der Waals surface area contributed by atoms with Gasteiger partial charge in [0.05, 0.1) is 0 Å². The van der Waals surface area contributed by atoms with Gasteiger partial charge in [-0.2, -0.15) is 4.31 Å². The Kier molecular flexibility index (Phi) is 4.17. The van der Waals surface area contributed by atoms with Gasteiger partial charge in [0.15, 0.2) is 0 Å². The van der Waals surface area contributed by atoms with Crippen molar-refractivity contribution in [3.8, 4) is 0 Å². The molecule has 112 valence electrons. The van der Waals surface area contributed by atoms with E-state index in [1.807, 2.05) is 6.07 Å². The predicted molar refractivity (Wildman–Crippen MR) is 81.3 cm³/mol. The van der Waals surface area contributed by atoms with E-state index >= 15 is 0 Å². The van der Waals surface area contributed by atoms with Crippen LogP contribution in [-0.4, -0.2) is 31.9 Å². The van der Waals surface area contributed by atoms with E-state index in [9.17, 15) is 8.42 Å². The van der Waals surface area contributed by atoms with Crippen molar-refractivity contribution in [3.05, 3.63) is 17.0 Å². The molecule has 0 spiro atoms. The summed E-state index contributed by atoms with van der Waals surface area (Å²) in [5, 5.41) is 3.43. The van der Waals surface area contributed by atoms with Crippen molar-refractivity contribution in [2.24, 2.45) is 5.92 Å². The monoisotopic (exact) mass is 314 g/mol. The lowest BCUT2D eigenvalue weighted by Gasteiger charge is -2.29. The molecule has 1 N–H and O–H groups in total. The molecule has 20 heavy (non-hydrogen) atoms. The topological polar surface area (TPSA) is 49.4 Å². The molecule has 0 aromatic carbocycles. The van der Waals surface area contributed by atoms with Gasteiger partial charge in [-0.25, -0.2) is 8.42 Å². The zero-order chi connectivity index (χ0) is 14.2. The molecule has 3 rings (SSSR count). The molecule has 1 unspecified atom stereocenters. The second-order valence-corrected chi connectivity index (χ2v) is 9.32. The van der Waals surface area contributed by atoms with Crippen LogP contribution >= 0.6 is 11.3 Å². The molecular weight excluding hydrogens is 292 g/mol. The van der Waals surface area contributed by atoms with Gasteiger partial charge in [0.1, 0.15) is 4.21 Å².